The molecule has 0 spiro atoms. The molecule has 3 unspecified atom stereocenters. The van der Waals surface area contributed by atoms with Crippen molar-refractivity contribution in [3.05, 3.63) is 0 Å². The van der Waals surface area contributed by atoms with Crippen LogP contribution in [-0.4, -0.2) is 23.2 Å². The third-order valence-electron chi connectivity index (χ3n) is 3.61. The minimum atomic E-state index is -0.715. The zero-order valence-corrected chi connectivity index (χ0v) is 10.7. The fourth-order valence-corrected chi connectivity index (χ4v) is 2.46. The third-order valence-corrected chi connectivity index (χ3v) is 3.61. The normalized spacial score (nSPS) is 28.8. The molecule has 1 fully saturated rings. The Bertz CT molecular complexity index is 228. The number of rotatable bonds is 4. The van der Waals surface area contributed by atoms with E-state index in [1.165, 1.54) is 19.3 Å². The second-order valence-electron chi connectivity index (χ2n) is 5.54. The maximum absolute atomic E-state index is 11.1. The molecule has 0 radical (unpaired) electrons. The summed E-state index contributed by atoms with van der Waals surface area (Å²) in [5.41, 5.74) is 0. The summed E-state index contributed by atoms with van der Waals surface area (Å²) in [6.45, 7) is 6.22. The van der Waals surface area contributed by atoms with E-state index < -0.39 is 12.0 Å². The van der Waals surface area contributed by atoms with Crippen molar-refractivity contribution in [1.82, 2.24) is 5.32 Å². The van der Waals surface area contributed by atoms with E-state index in [2.05, 4.69) is 12.2 Å². The molecule has 1 aliphatic rings. The largest absolute Gasteiger partial charge is 0.480 e. The Morgan fingerprint density at radius 1 is 1.25 bits per heavy atom. The second kappa shape index (κ2) is 6.24. The van der Waals surface area contributed by atoms with Crippen molar-refractivity contribution in [2.24, 2.45) is 11.8 Å². The standard InChI is InChI=1S/C13H25NO2/c1-9(2)12(13(15)16)14-11-6-4-5-10(3)7-8-11/h9-12,14H,4-8H2,1-3H3,(H,15,16). The van der Waals surface area contributed by atoms with E-state index in [-0.39, 0.29) is 5.92 Å². The molecule has 0 aromatic heterocycles. The van der Waals surface area contributed by atoms with Crippen LogP contribution in [0.2, 0.25) is 0 Å². The molecule has 16 heavy (non-hydrogen) atoms. The van der Waals surface area contributed by atoms with Crippen LogP contribution in [0, 0.1) is 11.8 Å². The lowest BCUT2D eigenvalue weighted by Crippen LogP contribution is -2.46. The quantitative estimate of drug-likeness (QED) is 0.726. The SMILES string of the molecule is CC1CCCC(NC(C(=O)O)C(C)C)CC1. The van der Waals surface area contributed by atoms with Gasteiger partial charge in [0.2, 0.25) is 0 Å². The smallest absolute Gasteiger partial charge is 0.320 e. The number of nitrogens with one attached hydrogen (secondary N) is 1. The average Bonchev–Trinajstić information content (AvgIpc) is 2.38. The highest BCUT2D eigenvalue weighted by Gasteiger charge is 2.25. The molecular formula is C13H25NO2. The van der Waals surface area contributed by atoms with Gasteiger partial charge in [-0.1, -0.05) is 33.6 Å². The molecule has 0 heterocycles. The van der Waals surface area contributed by atoms with Gasteiger partial charge in [-0.15, -0.1) is 0 Å². The van der Waals surface area contributed by atoms with E-state index in [4.69, 9.17) is 5.11 Å². The zero-order chi connectivity index (χ0) is 12.1. The maximum Gasteiger partial charge on any atom is 0.320 e. The van der Waals surface area contributed by atoms with Gasteiger partial charge in [0, 0.05) is 6.04 Å². The molecule has 0 aliphatic heterocycles. The molecule has 1 aliphatic carbocycles. The molecule has 0 aromatic rings. The Morgan fingerprint density at radius 3 is 2.50 bits per heavy atom. The predicted molar refractivity (Wildman–Crippen MR) is 65.4 cm³/mol. The summed E-state index contributed by atoms with van der Waals surface area (Å²) < 4.78 is 0. The van der Waals surface area contributed by atoms with Crippen LogP contribution in [0.4, 0.5) is 0 Å². The van der Waals surface area contributed by atoms with E-state index in [9.17, 15) is 4.79 Å². The zero-order valence-electron chi connectivity index (χ0n) is 10.7. The third kappa shape index (κ3) is 4.12. The summed E-state index contributed by atoms with van der Waals surface area (Å²) in [4.78, 5) is 11.1. The molecule has 3 nitrogen and oxygen atoms in total. The average molecular weight is 227 g/mol. The van der Waals surface area contributed by atoms with Gasteiger partial charge in [0.05, 0.1) is 0 Å². The Hall–Kier alpha value is -0.570. The Balaban J connectivity index is 2.47. The van der Waals surface area contributed by atoms with E-state index in [1.807, 2.05) is 13.8 Å². The molecular weight excluding hydrogens is 202 g/mol. The van der Waals surface area contributed by atoms with Gasteiger partial charge < -0.3 is 10.4 Å². The summed E-state index contributed by atoms with van der Waals surface area (Å²) in [5, 5.41) is 12.4. The lowest BCUT2D eigenvalue weighted by atomic mass is 10.0. The molecule has 94 valence electrons. The maximum atomic E-state index is 11.1. The number of carboxylic acids is 1. The van der Waals surface area contributed by atoms with Gasteiger partial charge in [-0.3, -0.25) is 4.79 Å². The van der Waals surface area contributed by atoms with Crippen molar-refractivity contribution in [3.63, 3.8) is 0 Å². The number of hydrogen-bond acceptors (Lipinski definition) is 2. The summed E-state index contributed by atoms with van der Waals surface area (Å²) in [6.07, 6.45) is 5.99. The van der Waals surface area contributed by atoms with Crippen LogP contribution in [0.3, 0.4) is 0 Å². The fraction of sp³-hybridized carbons (Fsp3) is 0.923. The number of carboxylic acid groups (broad SMARTS) is 1. The topological polar surface area (TPSA) is 49.3 Å². The van der Waals surface area contributed by atoms with Gasteiger partial charge in [-0.2, -0.15) is 0 Å². The monoisotopic (exact) mass is 227 g/mol. The van der Waals surface area contributed by atoms with Crippen LogP contribution in [0.25, 0.3) is 0 Å². The molecule has 3 heteroatoms. The minimum Gasteiger partial charge on any atom is -0.480 e. The summed E-state index contributed by atoms with van der Waals surface area (Å²) in [5.74, 6) is 0.236. The van der Waals surface area contributed by atoms with Gasteiger partial charge in [-0.25, -0.2) is 0 Å². The van der Waals surface area contributed by atoms with Gasteiger partial charge in [-0.05, 0) is 31.1 Å². The van der Waals surface area contributed by atoms with Crippen LogP contribution in [-0.2, 0) is 4.79 Å². The molecule has 1 rings (SSSR count). The van der Waals surface area contributed by atoms with E-state index in [0.717, 1.165) is 18.8 Å². The summed E-state index contributed by atoms with van der Waals surface area (Å²) >= 11 is 0. The first-order valence-electron chi connectivity index (χ1n) is 6.49. The molecule has 2 N–H and O–H groups in total. The van der Waals surface area contributed by atoms with Crippen molar-refractivity contribution in [2.75, 3.05) is 0 Å². The minimum absolute atomic E-state index is 0.151. The second-order valence-corrected chi connectivity index (χ2v) is 5.54. The van der Waals surface area contributed by atoms with Crippen LogP contribution >= 0.6 is 0 Å². The predicted octanol–water partition coefficient (Wildman–Crippen LogP) is 2.65. The van der Waals surface area contributed by atoms with Crippen LogP contribution in [0.1, 0.15) is 52.9 Å². The number of carbonyl (C=O) groups is 1. The molecule has 1 saturated carbocycles. The lowest BCUT2D eigenvalue weighted by molar-refractivity contribution is -0.140. The van der Waals surface area contributed by atoms with Crippen molar-refractivity contribution in [1.29, 1.82) is 0 Å². The van der Waals surface area contributed by atoms with Crippen molar-refractivity contribution in [3.8, 4) is 0 Å². The fourth-order valence-electron chi connectivity index (χ4n) is 2.46. The molecule has 0 amide bonds. The molecule has 0 aromatic carbocycles. The Morgan fingerprint density at radius 2 is 1.94 bits per heavy atom. The van der Waals surface area contributed by atoms with Gasteiger partial charge in [0.15, 0.2) is 0 Å². The summed E-state index contributed by atoms with van der Waals surface area (Å²) in [6, 6.07) is 0.00635. The highest BCUT2D eigenvalue weighted by Crippen LogP contribution is 2.23. The van der Waals surface area contributed by atoms with Crippen LogP contribution in [0.5, 0.6) is 0 Å². The van der Waals surface area contributed by atoms with Crippen molar-refractivity contribution in [2.45, 2.75) is 65.0 Å². The number of hydrogen-bond donors (Lipinski definition) is 2. The van der Waals surface area contributed by atoms with E-state index >= 15 is 0 Å². The highest BCUT2D eigenvalue weighted by atomic mass is 16.4. The van der Waals surface area contributed by atoms with Crippen molar-refractivity contribution >= 4 is 5.97 Å². The van der Waals surface area contributed by atoms with Gasteiger partial charge in [0.1, 0.15) is 6.04 Å². The molecule has 3 atom stereocenters. The molecule has 0 saturated heterocycles. The van der Waals surface area contributed by atoms with E-state index in [0.29, 0.717) is 6.04 Å². The summed E-state index contributed by atoms with van der Waals surface area (Å²) in [7, 11) is 0. The van der Waals surface area contributed by atoms with Gasteiger partial charge in [0.25, 0.3) is 0 Å². The van der Waals surface area contributed by atoms with Crippen LogP contribution in [0.15, 0.2) is 0 Å². The Labute approximate surface area is 98.6 Å². The molecule has 0 bridgehead atoms. The first kappa shape index (κ1) is 13.5. The first-order valence-corrected chi connectivity index (χ1v) is 6.49. The lowest BCUT2D eigenvalue weighted by Gasteiger charge is -2.24. The number of aliphatic carboxylic acids is 1. The van der Waals surface area contributed by atoms with Gasteiger partial charge >= 0.3 is 5.97 Å². The highest BCUT2D eigenvalue weighted by molar-refractivity contribution is 5.73. The first-order chi connectivity index (χ1) is 7.50. The Kier molecular flexibility index (Phi) is 5.26. The van der Waals surface area contributed by atoms with Crippen LogP contribution < -0.4 is 5.32 Å². The van der Waals surface area contributed by atoms with Crippen molar-refractivity contribution < 1.29 is 9.90 Å². The van der Waals surface area contributed by atoms with E-state index in [1.54, 1.807) is 0 Å².